The van der Waals surface area contributed by atoms with E-state index in [1.54, 1.807) is 29.3 Å². The van der Waals surface area contributed by atoms with Crippen LogP contribution in [0.5, 0.6) is 0 Å². The van der Waals surface area contributed by atoms with Gasteiger partial charge in [0.15, 0.2) is 5.16 Å². The van der Waals surface area contributed by atoms with Crippen LogP contribution in [0.2, 0.25) is 0 Å². The van der Waals surface area contributed by atoms with Crippen LogP contribution in [0.25, 0.3) is 10.4 Å². The average Bonchev–Trinajstić information content (AvgIpc) is 3.14. The number of thiazole rings is 1. The molecule has 0 bridgehead atoms. The van der Waals surface area contributed by atoms with Gasteiger partial charge < -0.3 is 9.88 Å². The highest BCUT2D eigenvalue weighted by Crippen LogP contribution is 2.30. The van der Waals surface area contributed by atoms with Crippen molar-refractivity contribution in [2.24, 2.45) is 7.05 Å². The lowest BCUT2D eigenvalue weighted by Gasteiger charge is -2.08. The van der Waals surface area contributed by atoms with E-state index < -0.39 is 0 Å². The Morgan fingerprint density at radius 2 is 2.16 bits per heavy atom. The number of nitrogens with zero attached hydrogens (tertiary/aromatic N) is 3. The minimum atomic E-state index is -0.0901. The van der Waals surface area contributed by atoms with Crippen molar-refractivity contribution in [3.05, 3.63) is 52.4 Å². The van der Waals surface area contributed by atoms with Crippen LogP contribution >= 0.6 is 23.1 Å². The summed E-state index contributed by atoms with van der Waals surface area (Å²) in [6.45, 7) is 4.44. The van der Waals surface area contributed by atoms with Gasteiger partial charge in [-0.25, -0.2) is 9.97 Å². The summed E-state index contributed by atoms with van der Waals surface area (Å²) in [5, 5.41) is 4.93. The molecule has 0 saturated carbocycles. The highest BCUT2D eigenvalue weighted by molar-refractivity contribution is 7.98. The van der Waals surface area contributed by atoms with Gasteiger partial charge in [0, 0.05) is 12.6 Å². The van der Waals surface area contributed by atoms with Crippen molar-refractivity contribution in [3.8, 4) is 10.4 Å². The van der Waals surface area contributed by atoms with Gasteiger partial charge in [0.2, 0.25) is 0 Å². The second-order valence-electron chi connectivity index (χ2n) is 5.71. The molecular weight excluding hydrogens is 352 g/mol. The summed E-state index contributed by atoms with van der Waals surface area (Å²) >= 11 is 3.23. The van der Waals surface area contributed by atoms with Crippen LogP contribution < -0.4 is 5.32 Å². The molecule has 0 fully saturated rings. The Balaban J connectivity index is 1.75. The predicted octanol–water partition coefficient (Wildman–Crippen LogP) is 3.81. The van der Waals surface area contributed by atoms with Gasteiger partial charge >= 0.3 is 0 Å². The first kappa shape index (κ1) is 17.7. The molecule has 1 amide bonds. The Labute approximate surface area is 155 Å². The quantitative estimate of drug-likeness (QED) is 0.692. The second-order valence-corrected chi connectivity index (χ2v) is 7.68. The number of carbonyl (C=O) groups excluding carboxylic acids is 1. The summed E-state index contributed by atoms with van der Waals surface area (Å²) in [6, 6.07) is 7.68. The molecule has 130 valence electrons. The lowest BCUT2D eigenvalue weighted by Crippen LogP contribution is -2.23. The van der Waals surface area contributed by atoms with Crippen molar-refractivity contribution in [2.45, 2.75) is 25.5 Å². The van der Waals surface area contributed by atoms with E-state index in [4.69, 9.17) is 0 Å². The summed E-state index contributed by atoms with van der Waals surface area (Å²) in [5.41, 5.74) is 3.65. The second kappa shape index (κ2) is 7.41. The van der Waals surface area contributed by atoms with Crippen molar-refractivity contribution in [1.82, 2.24) is 19.9 Å². The Hall–Kier alpha value is -2.12. The Morgan fingerprint density at radius 3 is 2.80 bits per heavy atom. The number of amides is 1. The normalized spacial score (nSPS) is 10.9. The first-order valence-electron chi connectivity index (χ1n) is 7.87. The van der Waals surface area contributed by atoms with Gasteiger partial charge in [-0.2, -0.15) is 0 Å². The Morgan fingerprint density at radius 1 is 1.36 bits per heavy atom. The lowest BCUT2D eigenvalue weighted by atomic mass is 10.1. The van der Waals surface area contributed by atoms with Crippen LogP contribution in [0.3, 0.4) is 0 Å². The highest BCUT2D eigenvalue weighted by atomic mass is 32.2. The van der Waals surface area contributed by atoms with Gasteiger partial charge in [0.1, 0.15) is 0 Å². The largest absolute Gasteiger partial charge is 0.346 e. The maximum Gasteiger partial charge on any atom is 0.251 e. The molecule has 0 radical (unpaired) electrons. The monoisotopic (exact) mass is 372 g/mol. The number of hydrogen-bond acceptors (Lipinski definition) is 5. The van der Waals surface area contributed by atoms with E-state index in [2.05, 4.69) is 15.3 Å². The molecule has 0 aliphatic heterocycles. The zero-order chi connectivity index (χ0) is 18.0. The van der Waals surface area contributed by atoms with Crippen LogP contribution in [-0.4, -0.2) is 26.7 Å². The number of carbonyl (C=O) groups is 1. The summed E-state index contributed by atoms with van der Waals surface area (Å²) in [5.74, 6) is -0.0901. The molecule has 5 nitrogen and oxygen atoms in total. The average molecular weight is 373 g/mol. The molecule has 3 aromatic rings. The fraction of sp³-hybridized carbons (Fsp3) is 0.278. The molecule has 3 rings (SSSR count). The van der Waals surface area contributed by atoms with Gasteiger partial charge in [-0.3, -0.25) is 4.79 Å². The maximum atomic E-state index is 12.5. The molecule has 25 heavy (non-hydrogen) atoms. The molecule has 0 saturated heterocycles. The standard InChI is InChI=1S/C18H20N4OS2/c1-11-16(25-12(2)21-11)13-6-5-7-14(8-13)17(23)19-9-15-10-20-18(24-4)22(15)3/h5-8,10H,9H2,1-4H3,(H,19,23). The third kappa shape index (κ3) is 3.77. The Kier molecular flexibility index (Phi) is 5.24. The van der Waals surface area contributed by atoms with Crippen LogP contribution in [0.1, 0.15) is 26.8 Å². The van der Waals surface area contributed by atoms with Crippen LogP contribution in [0, 0.1) is 13.8 Å². The van der Waals surface area contributed by atoms with Gasteiger partial charge in [0.05, 0.1) is 34.0 Å². The van der Waals surface area contributed by atoms with Crippen molar-refractivity contribution < 1.29 is 4.79 Å². The zero-order valence-electron chi connectivity index (χ0n) is 14.7. The minimum Gasteiger partial charge on any atom is -0.346 e. The molecule has 1 N–H and O–H groups in total. The van der Waals surface area contributed by atoms with Gasteiger partial charge in [-0.15, -0.1) is 11.3 Å². The molecule has 7 heteroatoms. The summed E-state index contributed by atoms with van der Waals surface area (Å²) in [7, 11) is 1.95. The number of nitrogens with one attached hydrogen (secondary N) is 1. The van der Waals surface area contributed by atoms with E-state index in [1.807, 2.05) is 56.0 Å². The van der Waals surface area contributed by atoms with E-state index in [0.29, 0.717) is 12.1 Å². The van der Waals surface area contributed by atoms with Crippen molar-refractivity contribution in [1.29, 1.82) is 0 Å². The summed E-state index contributed by atoms with van der Waals surface area (Å²) < 4.78 is 1.99. The van der Waals surface area contributed by atoms with Gasteiger partial charge in [-0.05, 0) is 37.8 Å². The number of hydrogen-bond donors (Lipinski definition) is 1. The van der Waals surface area contributed by atoms with E-state index in [9.17, 15) is 4.79 Å². The van der Waals surface area contributed by atoms with Crippen molar-refractivity contribution >= 4 is 29.0 Å². The van der Waals surface area contributed by atoms with E-state index in [1.165, 1.54) is 0 Å². The predicted molar refractivity (Wildman–Crippen MR) is 103 cm³/mol. The fourth-order valence-electron chi connectivity index (χ4n) is 2.65. The van der Waals surface area contributed by atoms with Gasteiger partial charge in [0.25, 0.3) is 5.91 Å². The first-order chi connectivity index (χ1) is 12.0. The van der Waals surface area contributed by atoms with Gasteiger partial charge in [-0.1, -0.05) is 23.9 Å². The molecule has 0 atom stereocenters. The number of thioether (sulfide) groups is 1. The van der Waals surface area contributed by atoms with E-state index in [-0.39, 0.29) is 5.91 Å². The Bertz CT molecular complexity index is 914. The molecule has 1 aromatic carbocycles. The lowest BCUT2D eigenvalue weighted by molar-refractivity contribution is 0.0950. The minimum absolute atomic E-state index is 0.0901. The summed E-state index contributed by atoms with van der Waals surface area (Å²) in [6.07, 6.45) is 3.78. The molecule has 0 aliphatic rings. The topological polar surface area (TPSA) is 59.8 Å². The first-order valence-corrected chi connectivity index (χ1v) is 9.91. The maximum absolute atomic E-state index is 12.5. The SMILES string of the molecule is CSc1ncc(CNC(=O)c2cccc(-c3sc(C)nc3C)c2)n1C. The van der Waals surface area contributed by atoms with E-state index in [0.717, 1.165) is 32.0 Å². The van der Waals surface area contributed by atoms with Crippen LogP contribution in [0.15, 0.2) is 35.6 Å². The van der Waals surface area contributed by atoms with Crippen LogP contribution in [0.4, 0.5) is 0 Å². The summed E-state index contributed by atoms with van der Waals surface area (Å²) in [4.78, 5) is 22.4. The molecule has 2 heterocycles. The molecular formula is C18H20N4OS2. The molecule has 2 aromatic heterocycles. The number of benzene rings is 1. The van der Waals surface area contributed by atoms with Crippen molar-refractivity contribution in [2.75, 3.05) is 6.26 Å². The molecule has 0 unspecified atom stereocenters. The fourth-order valence-corrected chi connectivity index (χ4v) is 4.12. The molecule has 0 spiro atoms. The van der Waals surface area contributed by atoms with Crippen molar-refractivity contribution in [3.63, 3.8) is 0 Å². The number of aromatic nitrogens is 3. The number of imidazole rings is 1. The number of rotatable bonds is 5. The molecule has 0 aliphatic carbocycles. The zero-order valence-corrected chi connectivity index (χ0v) is 16.3. The third-order valence-corrected chi connectivity index (χ3v) is 5.81. The smallest absolute Gasteiger partial charge is 0.251 e. The third-order valence-electron chi connectivity index (χ3n) is 3.94. The van der Waals surface area contributed by atoms with E-state index >= 15 is 0 Å². The highest BCUT2D eigenvalue weighted by Gasteiger charge is 2.12. The van der Waals surface area contributed by atoms with Crippen LogP contribution in [-0.2, 0) is 13.6 Å². The number of aryl methyl sites for hydroxylation is 2.